The Labute approximate surface area is 191 Å². The SMILES string of the molecule is O=S(=O)(c1ccc(F)cc1)N1C[C@@H]2[C@H](c3ccccc31)[C@H](CO)N2Cc1ccccc1Cl. The number of anilines is 1. The van der Waals surface area contributed by atoms with Gasteiger partial charge in [0.15, 0.2) is 0 Å². The van der Waals surface area contributed by atoms with Crippen molar-refractivity contribution in [3.8, 4) is 0 Å². The van der Waals surface area contributed by atoms with Crippen molar-refractivity contribution < 1.29 is 17.9 Å². The zero-order valence-corrected chi connectivity index (χ0v) is 18.7. The molecule has 0 saturated carbocycles. The van der Waals surface area contributed by atoms with Gasteiger partial charge in [-0.05, 0) is 47.5 Å². The second-order valence-corrected chi connectivity index (χ2v) is 10.4. The fourth-order valence-corrected chi connectivity index (χ4v) is 6.65. The van der Waals surface area contributed by atoms with Gasteiger partial charge >= 0.3 is 0 Å². The molecule has 32 heavy (non-hydrogen) atoms. The van der Waals surface area contributed by atoms with Crippen molar-refractivity contribution >= 4 is 27.3 Å². The fraction of sp³-hybridized carbons (Fsp3) is 0.250. The van der Waals surface area contributed by atoms with Crippen LogP contribution in [-0.2, 0) is 16.6 Å². The van der Waals surface area contributed by atoms with Gasteiger partial charge in [0.05, 0.1) is 23.7 Å². The fourth-order valence-electron chi connectivity index (χ4n) is 4.95. The van der Waals surface area contributed by atoms with Gasteiger partial charge in [-0.25, -0.2) is 12.8 Å². The van der Waals surface area contributed by atoms with Crippen LogP contribution in [0, 0.1) is 5.82 Å². The van der Waals surface area contributed by atoms with E-state index >= 15 is 0 Å². The Bertz CT molecular complexity index is 1250. The van der Waals surface area contributed by atoms with Gasteiger partial charge in [-0.3, -0.25) is 9.21 Å². The van der Waals surface area contributed by atoms with Gasteiger partial charge in [0, 0.05) is 29.6 Å². The van der Waals surface area contributed by atoms with Crippen molar-refractivity contribution in [3.05, 3.63) is 94.8 Å². The first kappa shape index (κ1) is 21.4. The molecule has 166 valence electrons. The molecule has 3 aromatic rings. The van der Waals surface area contributed by atoms with Crippen LogP contribution >= 0.6 is 11.6 Å². The quantitative estimate of drug-likeness (QED) is 0.609. The lowest BCUT2D eigenvalue weighted by molar-refractivity contribution is -0.0477. The molecule has 3 atom stereocenters. The normalized spacial score (nSPS) is 22.7. The van der Waals surface area contributed by atoms with Gasteiger partial charge in [0.2, 0.25) is 0 Å². The van der Waals surface area contributed by atoms with E-state index in [4.69, 9.17) is 11.6 Å². The molecule has 3 aromatic carbocycles. The zero-order valence-electron chi connectivity index (χ0n) is 17.1. The summed E-state index contributed by atoms with van der Waals surface area (Å²) in [5, 5.41) is 10.8. The average Bonchev–Trinajstić information content (AvgIpc) is 2.78. The monoisotopic (exact) mass is 472 g/mol. The minimum Gasteiger partial charge on any atom is -0.395 e. The van der Waals surface area contributed by atoms with Crippen LogP contribution in [0.1, 0.15) is 17.0 Å². The van der Waals surface area contributed by atoms with Crippen LogP contribution in [0.15, 0.2) is 77.7 Å². The minimum absolute atomic E-state index is 0.0124. The lowest BCUT2D eigenvalue weighted by Gasteiger charge is -2.59. The van der Waals surface area contributed by atoms with Gasteiger partial charge in [0.25, 0.3) is 10.0 Å². The molecule has 1 N–H and O–H groups in total. The molecule has 2 aliphatic rings. The summed E-state index contributed by atoms with van der Waals surface area (Å²) in [4.78, 5) is 2.16. The van der Waals surface area contributed by atoms with Crippen LogP contribution in [0.2, 0.25) is 5.02 Å². The van der Waals surface area contributed by atoms with Crippen molar-refractivity contribution in [3.63, 3.8) is 0 Å². The Morgan fingerprint density at radius 1 is 1.00 bits per heavy atom. The summed E-state index contributed by atoms with van der Waals surface area (Å²) in [5.74, 6) is -0.475. The molecule has 0 radical (unpaired) electrons. The number of aliphatic hydroxyl groups excluding tert-OH is 1. The minimum atomic E-state index is -3.89. The third kappa shape index (κ3) is 3.40. The summed E-state index contributed by atoms with van der Waals surface area (Å²) in [7, 11) is -3.89. The molecular formula is C24H22ClFN2O3S. The van der Waals surface area contributed by atoms with Gasteiger partial charge in [-0.1, -0.05) is 48.0 Å². The number of nitrogens with zero attached hydrogens (tertiary/aromatic N) is 2. The number of para-hydroxylation sites is 1. The standard InChI is InChI=1S/C24H22ClFN2O3S/c25-20-7-3-1-5-16(20)13-27-22-14-28(32(30,31)18-11-9-17(26)10-12-18)21-8-4-2-6-19(21)24(22)23(27)15-29/h1-12,22-24,29H,13-15H2/t22-,23+,24+/m1/s1. The van der Waals surface area contributed by atoms with E-state index in [-0.39, 0.29) is 36.0 Å². The molecule has 1 saturated heterocycles. The highest BCUT2D eigenvalue weighted by molar-refractivity contribution is 7.92. The molecule has 5 rings (SSSR count). The Morgan fingerprint density at radius 3 is 2.41 bits per heavy atom. The number of aliphatic hydroxyl groups is 1. The van der Waals surface area contributed by atoms with Crippen LogP contribution in [0.25, 0.3) is 0 Å². The number of rotatable bonds is 5. The van der Waals surface area contributed by atoms with E-state index in [1.807, 2.05) is 36.4 Å². The Balaban J connectivity index is 1.54. The highest BCUT2D eigenvalue weighted by Gasteiger charge is 2.54. The van der Waals surface area contributed by atoms with E-state index in [2.05, 4.69) is 4.90 Å². The molecule has 0 aliphatic carbocycles. The van der Waals surface area contributed by atoms with E-state index in [1.165, 1.54) is 16.4 Å². The van der Waals surface area contributed by atoms with E-state index in [9.17, 15) is 17.9 Å². The second-order valence-electron chi connectivity index (χ2n) is 8.16. The number of hydrogen-bond donors (Lipinski definition) is 1. The molecule has 0 unspecified atom stereocenters. The second kappa shape index (κ2) is 8.15. The lowest BCUT2D eigenvalue weighted by Crippen LogP contribution is -2.68. The molecule has 0 amide bonds. The van der Waals surface area contributed by atoms with E-state index in [0.29, 0.717) is 17.3 Å². The summed E-state index contributed by atoms with van der Waals surface area (Å²) in [5.41, 5.74) is 2.43. The lowest BCUT2D eigenvalue weighted by atomic mass is 9.72. The molecule has 5 nitrogen and oxygen atoms in total. The first-order chi connectivity index (χ1) is 15.4. The highest BCUT2D eigenvalue weighted by Crippen LogP contribution is 2.50. The van der Waals surface area contributed by atoms with Gasteiger partial charge in [-0.2, -0.15) is 0 Å². The molecular weight excluding hydrogens is 451 g/mol. The number of sulfonamides is 1. The molecule has 0 bridgehead atoms. The summed E-state index contributed by atoms with van der Waals surface area (Å²) < 4.78 is 41.9. The Hall–Kier alpha value is -2.45. The maximum Gasteiger partial charge on any atom is 0.264 e. The van der Waals surface area contributed by atoms with Gasteiger partial charge in [-0.15, -0.1) is 0 Å². The molecule has 0 spiro atoms. The molecule has 8 heteroatoms. The third-order valence-electron chi connectivity index (χ3n) is 6.50. The Morgan fingerprint density at radius 2 is 1.69 bits per heavy atom. The number of benzene rings is 3. The highest BCUT2D eigenvalue weighted by atomic mass is 35.5. The number of halogens is 2. The topological polar surface area (TPSA) is 60.9 Å². The summed E-state index contributed by atoms with van der Waals surface area (Å²) in [6.45, 7) is 0.714. The smallest absolute Gasteiger partial charge is 0.264 e. The number of fused-ring (bicyclic) bond motifs is 3. The van der Waals surface area contributed by atoms with Gasteiger partial charge < -0.3 is 5.11 Å². The summed E-state index contributed by atoms with van der Waals surface area (Å²) in [6, 6.07) is 19.6. The van der Waals surface area contributed by atoms with Crippen LogP contribution in [0.3, 0.4) is 0 Å². The van der Waals surface area contributed by atoms with E-state index < -0.39 is 15.8 Å². The molecule has 0 aromatic heterocycles. The van der Waals surface area contributed by atoms with E-state index in [0.717, 1.165) is 23.3 Å². The molecule has 1 fully saturated rings. The van der Waals surface area contributed by atoms with Crippen LogP contribution in [-0.4, -0.2) is 43.7 Å². The molecule has 2 aliphatic heterocycles. The molecule has 2 heterocycles. The largest absolute Gasteiger partial charge is 0.395 e. The van der Waals surface area contributed by atoms with Crippen molar-refractivity contribution in [2.24, 2.45) is 0 Å². The Kier molecular flexibility index (Phi) is 5.45. The van der Waals surface area contributed by atoms with Crippen LogP contribution < -0.4 is 4.31 Å². The zero-order chi connectivity index (χ0) is 22.5. The van der Waals surface area contributed by atoms with Gasteiger partial charge in [0.1, 0.15) is 5.82 Å². The predicted octanol–water partition coefficient (Wildman–Crippen LogP) is 4.02. The number of likely N-dealkylation sites (tertiary alicyclic amines) is 1. The summed E-state index contributed by atoms with van der Waals surface area (Å²) >= 11 is 6.36. The third-order valence-corrected chi connectivity index (χ3v) is 8.66. The van der Waals surface area contributed by atoms with Crippen LogP contribution in [0.5, 0.6) is 0 Å². The number of hydrogen-bond acceptors (Lipinski definition) is 4. The van der Waals surface area contributed by atoms with E-state index in [1.54, 1.807) is 12.1 Å². The van der Waals surface area contributed by atoms with Crippen molar-refractivity contribution in [2.45, 2.75) is 29.4 Å². The van der Waals surface area contributed by atoms with Crippen molar-refractivity contribution in [1.82, 2.24) is 4.90 Å². The first-order valence-electron chi connectivity index (χ1n) is 10.4. The average molecular weight is 473 g/mol. The predicted molar refractivity (Wildman–Crippen MR) is 122 cm³/mol. The van der Waals surface area contributed by atoms with Crippen molar-refractivity contribution in [1.29, 1.82) is 0 Å². The summed E-state index contributed by atoms with van der Waals surface area (Å²) in [6.07, 6.45) is 0. The van der Waals surface area contributed by atoms with Crippen molar-refractivity contribution in [2.75, 3.05) is 17.5 Å². The maximum absolute atomic E-state index is 13.5. The first-order valence-corrected chi connectivity index (χ1v) is 12.2. The maximum atomic E-state index is 13.5. The van der Waals surface area contributed by atoms with Crippen LogP contribution in [0.4, 0.5) is 10.1 Å².